The van der Waals surface area contributed by atoms with Crippen molar-refractivity contribution in [3.63, 3.8) is 0 Å². The van der Waals surface area contributed by atoms with Crippen molar-refractivity contribution in [1.29, 1.82) is 0 Å². The summed E-state index contributed by atoms with van der Waals surface area (Å²) in [6.45, 7) is 0.216. The molecule has 11 nitrogen and oxygen atoms in total. The number of thioether (sulfide) groups is 1. The van der Waals surface area contributed by atoms with Gasteiger partial charge in [-0.05, 0) is 47.3 Å². The highest BCUT2D eigenvalue weighted by Crippen LogP contribution is 2.42. The van der Waals surface area contributed by atoms with Crippen molar-refractivity contribution >= 4 is 40.6 Å². The van der Waals surface area contributed by atoms with E-state index in [1.807, 2.05) is 53.9 Å². The number of methoxy groups -OCH3 is 3. The van der Waals surface area contributed by atoms with Gasteiger partial charge in [0.1, 0.15) is 5.75 Å². The van der Waals surface area contributed by atoms with E-state index in [2.05, 4.69) is 15.5 Å². The first-order valence-electron chi connectivity index (χ1n) is 13.0. The summed E-state index contributed by atoms with van der Waals surface area (Å²) in [5.41, 5.74) is 2.46. The number of aromatic nitrogens is 3. The second-order valence-electron chi connectivity index (χ2n) is 9.22. The van der Waals surface area contributed by atoms with Crippen LogP contribution in [0.4, 0.5) is 0 Å². The van der Waals surface area contributed by atoms with Crippen LogP contribution in [0.5, 0.6) is 17.2 Å². The summed E-state index contributed by atoms with van der Waals surface area (Å²) in [6, 6.07) is 16.4. The van der Waals surface area contributed by atoms with Gasteiger partial charge in [-0.15, -0.1) is 21.5 Å². The molecule has 1 unspecified atom stereocenters. The number of thiophene rings is 1. The van der Waals surface area contributed by atoms with Gasteiger partial charge in [0, 0.05) is 19.0 Å². The molecule has 13 heteroatoms. The molecule has 2 amide bonds. The van der Waals surface area contributed by atoms with Crippen molar-refractivity contribution < 1.29 is 23.8 Å². The van der Waals surface area contributed by atoms with Crippen LogP contribution in [0, 0.1) is 0 Å². The topological polar surface area (TPSA) is 120 Å². The highest BCUT2D eigenvalue weighted by atomic mass is 32.2. The Labute approximate surface area is 251 Å². The minimum absolute atomic E-state index is 0.0791. The fourth-order valence-corrected chi connectivity index (χ4v) is 6.01. The van der Waals surface area contributed by atoms with Crippen LogP contribution in [0.2, 0.25) is 0 Å². The molecule has 0 radical (unpaired) electrons. The maximum atomic E-state index is 13.7. The number of nitrogens with zero attached hydrogens (tertiary/aromatic N) is 5. The predicted molar refractivity (Wildman–Crippen MR) is 160 cm³/mol. The molecule has 2 aromatic heterocycles. The first-order valence-corrected chi connectivity index (χ1v) is 14.9. The van der Waals surface area contributed by atoms with Crippen molar-refractivity contribution in [2.24, 2.45) is 12.1 Å². The van der Waals surface area contributed by atoms with Crippen molar-refractivity contribution in [3.8, 4) is 17.2 Å². The molecule has 0 saturated heterocycles. The number of hydrogen-bond acceptors (Lipinski definition) is 10. The molecular formula is C29H30N6O5S2. The van der Waals surface area contributed by atoms with Crippen molar-refractivity contribution in [1.82, 2.24) is 25.1 Å². The first kappa shape index (κ1) is 29.1. The molecule has 5 rings (SSSR count). The van der Waals surface area contributed by atoms with Crippen LogP contribution < -0.4 is 19.5 Å². The molecule has 1 aliphatic heterocycles. The summed E-state index contributed by atoms with van der Waals surface area (Å²) < 4.78 is 18.3. The number of nitrogens with one attached hydrogen (secondary N) is 1. The number of para-hydroxylation sites is 1. The molecular weight excluding hydrogens is 576 g/mol. The second-order valence-corrected chi connectivity index (χ2v) is 11.1. The Balaban J connectivity index is 1.34. The molecule has 42 heavy (non-hydrogen) atoms. The van der Waals surface area contributed by atoms with E-state index in [1.54, 1.807) is 39.0 Å². The molecule has 1 N–H and O–H groups in total. The zero-order valence-electron chi connectivity index (χ0n) is 23.6. The van der Waals surface area contributed by atoms with Gasteiger partial charge in [-0.25, -0.2) is 5.01 Å². The number of benzene rings is 2. The van der Waals surface area contributed by atoms with E-state index in [0.717, 1.165) is 22.6 Å². The number of rotatable bonds is 11. The third-order valence-electron chi connectivity index (χ3n) is 6.78. The lowest BCUT2D eigenvalue weighted by molar-refractivity contribution is -0.130. The maximum absolute atomic E-state index is 13.7. The summed E-state index contributed by atoms with van der Waals surface area (Å²) >= 11 is 2.63. The summed E-state index contributed by atoms with van der Waals surface area (Å²) in [5, 5.41) is 20.0. The zero-order chi connectivity index (χ0) is 29.6. The smallest absolute Gasteiger partial charge is 0.261 e. The van der Waals surface area contributed by atoms with Crippen molar-refractivity contribution in [2.75, 3.05) is 27.1 Å². The van der Waals surface area contributed by atoms with Gasteiger partial charge in [-0.2, -0.15) is 5.10 Å². The lowest BCUT2D eigenvalue weighted by atomic mass is 9.97. The molecule has 2 aromatic carbocycles. The van der Waals surface area contributed by atoms with Gasteiger partial charge in [-0.1, -0.05) is 30.0 Å². The van der Waals surface area contributed by atoms with E-state index in [0.29, 0.717) is 33.8 Å². The largest absolute Gasteiger partial charge is 0.497 e. The fraction of sp³-hybridized carbons (Fsp3) is 0.276. The summed E-state index contributed by atoms with van der Waals surface area (Å²) in [5.74, 6) is 2.16. The number of carbonyl (C=O) groups is 2. The molecule has 0 aliphatic carbocycles. The van der Waals surface area contributed by atoms with E-state index < -0.39 is 6.04 Å². The molecule has 4 aromatic rings. The number of ether oxygens (including phenoxy) is 3. The van der Waals surface area contributed by atoms with Crippen LogP contribution in [0.3, 0.4) is 0 Å². The Morgan fingerprint density at radius 2 is 1.83 bits per heavy atom. The average Bonchev–Trinajstić information content (AvgIpc) is 3.79. The Bertz CT molecular complexity index is 1590. The van der Waals surface area contributed by atoms with E-state index in [-0.39, 0.29) is 24.1 Å². The Morgan fingerprint density at radius 3 is 2.52 bits per heavy atom. The summed E-state index contributed by atoms with van der Waals surface area (Å²) in [6.07, 6.45) is 0.490. The minimum Gasteiger partial charge on any atom is -0.497 e. The van der Waals surface area contributed by atoms with Crippen molar-refractivity contribution in [3.05, 3.63) is 81.8 Å². The molecule has 0 fully saturated rings. The zero-order valence-corrected chi connectivity index (χ0v) is 25.2. The molecule has 0 bridgehead atoms. The predicted octanol–water partition coefficient (Wildman–Crippen LogP) is 4.30. The minimum atomic E-state index is -0.400. The Morgan fingerprint density at radius 1 is 1.02 bits per heavy atom. The summed E-state index contributed by atoms with van der Waals surface area (Å²) in [4.78, 5) is 26.6. The third kappa shape index (κ3) is 6.11. The van der Waals surface area contributed by atoms with Gasteiger partial charge in [-0.3, -0.25) is 9.59 Å². The van der Waals surface area contributed by atoms with Gasteiger partial charge < -0.3 is 24.1 Å². The van der Waals surface area contributed by atoms with E-state index >= 15 is 0 Å². The normalized spacial score (nSPS) is 14.4. The summed E-state index contributed by atoms with van der Waals surface area (Å²) in [7, 11) is 6.58. The van der Waals surface area contributed by atoms with E-state index in [4.69, 9.17) is 19.3 Å². The molecule has 1 aliphatic rings. The maximum Gasteiger partial charge on any atom is 0.261 e. The van der Waals surface area contributed by atoms with Crippen molar-refractivity contribution in [2.45, 2.75) is 24.2 Å². The highest BCUT2D eigenvalue weighted by molar-refractivity contribution is 7.99. The lowest BCUT2D eigenvalue weighted by Crippen LogP contribution is -2.29. The van der Waals surface area contributed by atoms with Crippen LogP contribution in [-0.2, 0) is 18.4 Å². The lowest BCUT2D eigenvalue weighted by Gasteiger charge is -2.24. The standard InChI is InChI=1S/C29H30N6O5S2/c1-34-25(16-30-28(37)24-9-6-14-41-24)31-32-29(34)42-17-26(36)35-22(20-7-5-8-23(39-3)27(20)40-4)15-21(33-35)18-10-12-19(38-2)13-11-18/h5-14,22H,15-17H2,1-4H3,(H,30,37). The first-order chi connectivity index (χ1) is 20.4. The van der Waals surface area contributed by atoms with Crippen LogP contribution in [-0.4, -0.2) is 64.4 Å². The highest BCUT2D eigenvalue weighted by Gasteiger charge is 2.35. The quantitative estimate of drug-likeness (QED) is 0.251. The van der Waals surface area contributed by atoms with Gasteiger partial charge in [0.25, 0.3) is 11.8 Å². The average molecular weight is 607 g/mol. The van der Waals surface area contributed by atoms with Gasteiger partial charge in [0.2, 0.25) is 0 Å². The molecule has 0 saturated carbocycles. The number of carbonyl (C=O) groups excluding carboxylic acids is 2. The number of hydrazone groups is 1. The van der Waals surface area contributed by atoms with Crippen LogP contribution in [0.15, 0.2) is 70.2 Å². The van der Waals surface area contributed by atoms with E-state index in [1.165, 1.54) is 28.1 Å². The van der Waals surface area contributed by atoms with Crippen LogP contribution >= 0.6 is 23.1 Å². The molecule has 3 heterocycles. The molecule has 218 valence electrons. The number of hydrogen-bond donors (Lipinski definition) is 1. The second kappa shape index (κ2) is 13.1. The molecule has 1 atom stereocenters. The van der Waals surface area contributed by atoms with Gasteiger partial charge >= 0.3 is 0 Å². The molecule has 0 spiro atoms. The SMILES string of the molecule is COc1ccc(C2=NN(C(=O)CSc3nnc(CNC(=O)c4cccs4)n3C)C(c3cccc(OC)c3OC)C2)cc1. The fourth-order valence-electron chi connectivity index (χ4n) is 4.59. The Kier molecular flexibility index (Phi) is 9.08. The van der Waals surface area contributed by atoms with Gasteiger partial charge in [0.15, 0.2) is 22.5 Å². The van der Waals surface area contributed by atoms with Gasteiger partial charge in [0.05, 0.1) is 50.3 Å². The number of amides is 2. The van der Waals surface area contributed by atoms with E-state index in [9.17, 15) is 9.59 Å². The Hall–Kier alpha value is -4.36. The van der Waals surface area contributed by atoms with Crippen LogP contribution in [0.1, 0.15) is 39.1 Å². The van der Waals surface area contributed by atoms with Crippen LogP contribution in [0.25, 0.3) is 0 Å². The monoisotopic (exact) mass is 606 g/mol. The third-order valence-corrected chi connectivity index (χ3v) is 8.66.